The highest BCUT2D eigenvalue weighted by molar-refractivity contribution is 7.99. The van der Waals surface area contributed by atoms with Crippen LogP contribution in [0.2, 0.25) is 0 Å². The van der Waals surface area contributed by atoms with Crippen LogP contribution in [-0.4, -0.2) is 18.3 Å². The van der Waals surface area contributed by atoms with E-state index in [2.05, 4.69) is 43.4 Å². The minimum Gasteiger partial charge on any atom is -0.313 e. The molecule has 21 heavy (non-hydrogen) atoms. The van der Waals surface area contributed by atoms with Crippen LogP contribution in [0.1, 0.15) is 18.1 Å². The van der Waals surface area contributed by atoms with Crippen molar-refractivity contribution in [1.29, 1.82) is 0 Å². The third-order valence-corrected chi connectivity index (χ3v) is 4.53. The van der Waals surface area contributed by atoms with Gasteiger partial charge in [-0.15, -0.1) is 11.8 Å². The van der Waals surface area contributed by atoms with E-state index in [1.54, 1.807) is 11.8 Å². The number of benzene rings is 2. The van der Waals surface area contributed by atoms with Crippen molar-refractivity contribution in [2.45, 2.75) is 31.2 Å². The Hall–Kier alpha value is -1.32. The van der Waals surface area contributed by atoms with Crippen LogP contribution in [0.5, 0.6) is 0 Å². The van der Waals surface area contributed by atoms with E-state index in [9.17, 15) is 4.39 Å². The van der Waals surface area contributed by atoms with Gasteiger partial charge in [0.1, 0.15) is 5.82 Å². The smallest absolute Gasteiger partial charge is 0.123 e. The molecule has 0 fully saturated rings. The van der Waals surface area contributed by atoms with Crippen molar-refractivity contribution < 1.29 is 4.39 Å². The number of halogens is 1. The lowest BCUT2D eigenvalue weighted by atomic mass is 10.1. The first-order valence-corrected chi connectivity index (χ1v) is 8.33. The molecule has 2 rings (SSSR count). The van der Waals surface area contributed by atoms with Gasteiger partial charge in [0.25, 0.3) is 0 Å². The first kappa shape index (κ1) is 16.1. The van der Waals surface area contributed by atoms with E-state index in [0.717, 1.165) is 23.6 Å². The van der Waals surface area contributed by atoms with E-state index in [-0.39, 0.29) is 5.82 Å². The zero-order valence-corrected chi connectivity index (χ0v) is 13.4. The molecule has 0 aliphatic rings. The summed E-state index contributed by atoms with van der Waals surface area (Å²) in [6.07, 6.45) is 1.02. The number of hydrogen-bond acceptors (Lipinski definition) is 2. The molecule has 1 N–H and O–H groups in total. The fraction of sp³-hybridized carbons (Fsp3) is 0.333. The third kappa shape index (κ3) is 5.52. The molecule has 0 radical (unpaired) electrons. The summed E-state index contributed by atoms with van der Waals surface area (Å²) in [6, 6.07) is 15.9. The predicted octanol–water partition coefficient (Wildman–Crippen LogP) is 4.45. The Morgan fingerprint density at radius 1 is 1.05 bits per heavy atom. The van der Waals surface area contributed by atoms with Gasteiger partial charge < -0.3 is 5.32 Å². The Labute approximate surface area is 131 Å². The van der Waals surface area contributed by atoms with Crippen molar-refractivity contribution in [3.05, 3.63) is 65.5 Å². The fourth-order valence-corrected chi connectivity index (χ4v) is 3.17. The van der Waals surface area contributed by atoms with Crippen molar-refractivity contribution in [2.75, 3.05) is 12.3 Å². The summed E-state index contributed by atoms with van der Waals surface area (Å²) in [5.74, 6) is 0.801. The highest BCUT2D eigenvalue weighted by Crippen LogP contribution is 2.20. The molecule has 2 aromatic rings. The summed E-state index contributed by atoms with van der Waals surface area (Å²) < 4.78 is 12.9. The first-order chi connectivity index (χ1) is 10.2. The maximum atomic E-state index is 12.9. The Bertz CT molecular complexity index is 536. The van der Waals surface area contributed by atoms with Crippen molar-refractivity contribution in [3.63, 3.8) is 0 Å². The average Bonchev–Trinajstić information content (AvgIpc) is 2.49. The lowest BCUT2D eigenvalue weighted by Crippen LogP contribution is -2.33. The van der Waals surface area contributed by atoms with Crippen LogP contribution < -0.4 is 5.32 Å². The van der Waals surface area contributed by atoms with Crippen LogP contribution in [0.15, 0.2) is 53.4 Å². The SMILES string of the molecule is CCNC(CSc1ccc(F)cc1)Cc1ccc(C)cc1. The Morgan fingerprint density at radius 3 is 2.33 bits per heavy atom. The summed E-state index contributed by atoms with van der Waals surface area (Å²) in [5.41, 5.74) is 2.64. The van der Waals surface area contributed by atoms with Crippen LogP contribution in [0, 0.1) is 12.7 Å². The monoisotopic (exact) mass is 303 g/mol. The minimum absolute atomic E-state index is 0.178. The quantitative estimate of drug-likeness (QED) is 0.759. The van der Waals surface area contributed by atoms with Crippen LogP contribution in [-0.2, 0) is 6.42 Å². The van der Waals surface area contributed by atoms with Gasteiger partial charge in [0.05, 0.1) is 0 Å². The Balaban J connectivity index is 1.92. The van der Waals surface area contributed by atoms with Gasteiger partial charge in [0.2, 0.25) is 0 Å². The lowest BCUT2D eigenvalue weighted by Gasteiger charge is -2.18. The number of thioether (sulfide) groups is 1. The van der Waals surface area contributed by atoms with Crippen LogP contribution in [0.3, 0.4) is 0 Å². The molecule has 3 heteroatoms. The summed E-state index contributed by atoms with van der Waals surface area (Å²) in [6.45, 7) is 5.20. The van der Waals surface area contributed by atoms with Gasteiger partial charge in [0.15, 0.2) is 0 Å². The number of hydrogen-bond donors (Lipinski definition) is 1. The molecule has 0 aromatic heterocycles. The molecule has 0 heterocycles. The highest BCUT2D eigenvalue weighted by Gasteiger charge is 2.09. The molecule has 112 valence electrons. The summed E-state index contributed by atoms with van der Waals surface area (Å²) in [7, 11) is 0. The highest BCUT2D eigenvalue weighted by atomic mass is 32.2. The van der Waals surface area contributed by atoms with Crippen molar-refractivity contribution in [3.8, 4) is 0 Å². The van der Waals surface area contributed by atoms with Gasteiger partial charge in [-0.25, -0.2) is 4.39 Å². The standard InChI is InChI=1S/C18H22FNS/c1-3-20-17(12-15-6-4-14(2)5-7-15)13-21-18-10-8-16(19)9-11-18/h4-11,17,20H,3,12-13H2,1-2H3. The lowest BCUT2D eigenvalue weighted by molar-refractivity contribution is 0.572. The van der Waals surface area contributed by atoms with Gasteiger partial charge in [-0.3, -0.25) is 0 Å². The second kappa shape index (κ2) is 8.20. The second-order valence-corrected chi connectivity index (χ2v) is 6.30. The van der Waals surface area contributed by atoms with E-state index >= 15 is 0 Å². The summed E-state index contributed by atoms with van der Waals surface area (Å²) in [5, 5.41) is 3.53. The average molecular weight is 303 g/mol. The fourth-order valence-electron chi connectivity index (χ4n) is 2.22. The van der Waals surface area contributed by atoms with Crippen molar-refractivity contribution in [2.24, 2.45) is 0 Å². The van der Waals surface area contributed by atoms with E-state index in [1.807, 2.05) is 12.1 Å². The molecular weight excluding hydrogens is 281 g/mol. The van der Waals surface area contributed by atoms with E-state index in [4.69, 9.17) is 0 Å². The minimum atomic E-state index is -0.178. The van der Waals surface area contributed by atoms with Gasteiger partial charge >= 0.3 is 0 Å². The molecule has 0 aliphatic carbocycles. The largest absolute Gasteiger partial charge is 0.313 e. The van der Waals surface area contributed by atoms with Gasteiger partial charge in [-0.2, -0.15) is 0 Å². The zero-order chi connectivity index (χ0) is 15.1. The maximum Gasteiger partial charge on any atom is 0.123 e. The molecular formula is C18H22FNS. The molecule has 1 nitrogen and oxygen atoms in total. The molecule has 1 atom stereocenters. The molecule has 0 saturated heterocycles. The number of rotatable bonds is 7. The maximum absolute atomic E-state index is 12.9. The molecule has 0 saturated carbocycles. The molecule has 1 unspecified atom stereocenters. The Kier molecular flexibility index (Phi) is 6.27. The molecule has 0 aliphatic heterocycles. The molecule has 0 spiro atoms. The van der Waals surface area contributed by atoms with Gasteiger partial charge in [-0.1, -0.05) is 36.8 Å². The molecule has 0 amide bonds. The van der Waals surface area contributed by atoms with Gasteiger partial charge in [0, 0.05) is 16.7 Å². The zero-order valence-electron chi connectivity index (χ0n) is 12.6. The van der Waals surface area contributed by atoms with Gasteiger partial charge in [-0.05, 0) is 49.7 Å². The number of nitrogens with one attached hydrogen (secondary N) is 1. The summed E-state index contributed by atoms with van der Waals surface area (Å²) in [4.78, 5) is 1.11. The van der Waals surface area contributed by atoms with E-state index in [0.29, 0.717) is 6.04 Å². The Morgan fingerprint density at radius 2 is 1.71 bits per heavy atom. The first-order valence-electron chi connectivity index (χ1n) is 7.34. The van der Waals surface area contributed by atoms with E-state index < -0.39 is 0 Å². The topological polar surface area (TPSA) is 12.0 Å². The summed E-state index contributed by atoms with van der Waals surface area (Å²) >= 11 is 1.77. The second-order valence-electron chi connectivity index (χ2n) is 5.21. The van der Waals surface area contributed by atoms with Crippen molar-refractivity contribution in [1.82, 2.24) is 5.32 Å². The van der Waals surface area contributed by atoms with Crippen molar-refractivity contribution >= 4 is 11.8 Å². The number of likely N-dealkylation sites (N-methyl/N-ethyl adjacent to an activating group) is 1. The molecule has 0 bridgehead atoms. The predicted molar refractivity (Wildman–Crippen MR) is 89.5 cm³/mol. The van der Waals surface area contributed by atoms with Crippen LogP contribution in [0.4, 0.5) is 4.39 Å². The number of aryl methyl sites for hydroxylation is 1. The van der Waals surface area contributed by atoms with Crippen LogP contribution in [0.25, 0.3) is 0 Å². The molecule has 2 aromatic carbocycles. The third-order valence-electron chi connectivity index (χ3n) is 3.36. The van der Waals surface area contributed by atoms with E-state index in [1.165, 1.54) is 23.3 Å². The normalized spacial score (nSPS) is 12.3. The van der Waals surface area contributed by atoms with Crippen LogP contribution >= 0.6 is 11.8 Å².